The van der Waals surface area contributed by atoms with E-state index in [0.717, 1.165) is 0 Å². The fourth-order valence-corrected chi connectivity index (χ4v) is 1.31. The minimum atomic E-state index is -0.441. The van der Waals surface area contributed by atoms with Gasteiger partial charge in [0.05, 0.1) is 0 Å². The Bertz CT molecular complexity index is 127. The third-order valence-corrected chi connectivity index (χ3v) is 2.01. The van der Waals surface area contributed by atoms with Crippen LogP contribution in [0.15, 0.2) is 0 Å². The molecule has 0 bridgehead atoms. The maximum atomic E-state index is 9.58. The van der Waals surface area contributed by atoms with Crippen molar-refractivity contribution in [3.8, 4) is 0 Å². The quantitative estimate of drug-likeness (QED) is 0.496. The minimum absolute atomic E-state index is 0.163. The summed E-state index contributed by atoms with van der Waals surface area (Å²) in [6.07, 6.45) is 0. The molecular weight excluding hydrogens is 130 g/mol. The van der Waals surface area contributed by atoms with E-state index in [1.807, 2.05) is 27.7 Å². The zero-order valence-electron chi connectivity index (χ0n) is 7.06. The van der Waals surface area contributed by atoms with Gasteiger partial charge in [-0.1, -0.05) is 0 Å². The molecule has 1 aliphatic heterocycles. The van der Waals surface area contributed by atoms with Crippen LogP contribution >= 0.6 is 0 Å². The summed E-state index contributed by atoms with van der Waals surface area (Å²) >= 11 is 0. The first kappa shape index (κ1) is 7.98. The third-order valence-electron chi connectivity index (χ3n) is 2.01. The van der Waals surface area contributed by atoms with Gasteiger partial charge in [-0.2, -0.15) is 5.06 Å². The van der Waals surface area contributed by atoms with Crippen molar-refractivity contribution in [2.24, 2.45) is 0 Å². The summed E-state index contributed by atoms with van der Waals surface area (Å²) in [5, 5.41) is 10.0. The number of quaternary nitrogens is 1. The van der Waals surface area contributed by atoms with Gasteiger partial charge < -0.3 is 4.74 Å². The molecule has 0 aromatic rings. The van der Waals surface area contributed by atoms with E-state index < -0.39 is 5.72 Å². The van der Waals surface area contributed by atoms with Crippen LogP contribution in [0, 0.1) is 0 Å². The lowest BCUT2D eigenvalue weighted by Gasteiger charge is -2.26. The lowest BCUT2D eigenvalue weighted by Crippen LogP contribution is -3.21. The van der Waals surface area contributed by atoms with Crippen LogP contribution in [-0.2, 0) is 4.74 Å². The fraction of sp³-hybridized carbons (Fsp3) is 1.00. The molecule has 3 nitrogen and oxygen atoms in total. The van der Waals surface area contributed by atoms with Crippen LogP contribution in [0.3, 0.4) is 0 Å². The molecule has 0 saturated carbocycles. The van der Waals surface area contributed by atoms with E-state index in [-0.39, 0.29) is 5.54 Å². The van der Waals surface area contributed by atoms with E-state index >= 15 is 0 Å². The Morgan fingerprint density at radius 3 is 1.90 bits per heavy atom. The second-order valence-electron chi connectivity index (χ2n) is 4.03. The van der Waals surface area contributed by atoms with Gasteiger partial charge in [-0.25, -0.2) is 5.21 Å². The molecule has 60 valence electrons. The summed E-state index contributed by atoms with van der Waals surface area (Å²) in [6.45, 7) is 8.36. The molecule has 1 aliphatic rings. The van der Waals surface area contributed by atoms with Gasteiger partial charge in [0.25, 0.3) is 0 Å². The van der Waals surface area contributed by atoms with Crippen LogP contribution in [0.25, 0.3) is 0 Å². The molecule has 0 aromatic heterocycles. The summed E-state index contributed by atoms with van der Waals surface area (Å²) in [5.74, 6) is 0. The molecular formula is C7H16NO2+. The molecule has 1 heterocycles. The van der Waals surface area contributed by atoms with Crippen molar-refractivity contribution in [1.82, 2.24) is 0 Å². The number of hydroxylamine groups is 2. The molecule has 1 atom stereocenters. The number of ether oxygens (including phenoxy) is 1. The van der Waals surface area contributed by atoms with Gasteiger partial charge >= 0.3 is 0 Å². The standard InChI is InChI=1S/C7H15NO2/c1-6(2)5-10-7(3,4)8(6)9/h9H,5H2,1-4H3/p+1. The van der Waals surface area contributed by atoms with E-state index in [9.17, 15) is 5.21 Å². The van der Waals surface area contributed by atoms with Crippen molar-refractivity contribution in [3.05, 3.63) is 0 Å². The maximum absolute atomic E-state index is 9.58. The number of rotatable bonds is 0. The Kier molecular flexibility index (Phi) is 1.54. The van der Waals surface area contributed by atoms with Crippen molar-refractivity contribution in [3.63, 3.8) is 0 Å². The topological polar surface area (TPSA) is 33.9 Å². The minimum Gasteiger partial charge on any atom is -0.318 e. The van der Waals surface area contributed by atoms with Crippen LogP contribution in [0.1, 0.15) is 27.7 Å². The van der Waals surface area contributed by atoms with Gasteiger partial charge in [0.1, 0.15) is 12.1 Å². The fourth-order valence-electron chi connectivity index (χ4n) is 1.31. The molecule has 0 spiro atoms. The van der Waals surface area contributed by atoms with Crippen LogP contribution in [-0.4, -0.2) is 23.1 Å². The van der Waals surface area contributed by atoms with E-state index in [1.165, 1.54) is 0 Å². The SMILES string of the molecule is CC1(C)COC(C)(C)[NH+]1O. The monoisotopic (exact) mass is 146 g/mol. The molecule has 2 N–H and O–H groups in total. The Morgan fingerprint density at radius 2 is 1.80 bits per heavy atom. The Balaban J connectivity index is 2.77. The lowest BCUT2D eigenvalue weighted by molar-refractivity contribution is -1.16. The number of hydrogen-bond donors (Lipinski definition) is 2. The van der Waals surface area contributed by atoms with Gasteiger partial charge in [-0.05, 0) is 13.8 Å². The molecule has 0 amide bonds. The van der Waals surface area contributed by atoms with Crippen LogP contribution in [0.5, 0.6) is 0 Å². The highest BCUT2D eigenvalue weighted by Gasteiger charge is 2.50. The smallest absolute Gasteiger partial charge is 0.226 e. The molecule has 3 heteroatoms. The van der Waals surface area contributed by atoms with Crippen LogP contribution < -0.4 is 5.06 Å². The first-order chi connectivity index (χ1) is 4.36. The highest BCUT2D eigenvalue weighted by Crippen LogP contribution is 2.14. The van der Waals surface area contributed by atoms with Crippen molar-refractivity contribution in [2.75, 3.05) is 6.61 Å². The molecule has 0 aliphatic carbocycles. The second kappa shape index (κ2) is 1.94. The van der Waals surface area contributed by atoms with Crippen molar-refractivity contribution >= 4 is 0 Å². The van der Waals surface area contributed by atoms with Gasteiger partial charge in [0, 0.05) is 13.8 Å². The molecule has 1 fully saturated rings. The summed E-state index contributed by atoms with van der Waals surface area (Å²) in [7, 11) is 0. The zero-order chi connectivity index (χ0) is 7.99. The van der Waals surface area contributed by atoms with Gasteiger partial charge in [-0.3, -0.25) is 0 Å². The van der Waals surface area contributed by atoms with E-state index in [4.69, 9.17) is 4.74 Å². The van der Waals surface area contributed by atoms with E-state index in [2.05, 4.69) is 0 Å². The van der Waals surface area contributed by atoms with Gasteiger partial charge in [0.15, 0.2) is 0 Å². The molecule has 1 unspecified atom stereocenters. The van der Waals surface area contributed by atoms with E-state index in [0.29, 0.717) is 11.7 Å². The molecule has 0 aromatic carbocycles. The van der Waals surface area contributed by atoms with E-state index in [1.54, 1.807) is 0 Å². The summed E-state index contributed by atoms with van der Waals surface area (Å²) < 4.78 is 5.38. The van der Waals surface area contributed by atoms with Gasteiger partial charge in [0.2, 0.25) is 5.72 Å². The molecule has 1 saturated heterocycles. The average Bonchev–Trinajstić information content (AvgIpc) is 1.95. The number of hydrogen-bond acceptors (Lipinski definition) is 2. The first-order valence-corrected chi connectivity index (χ1v) is 3.57. The van der Waals surface area contributed by atoms with Crippen molar-refractivity contribution in [2.45, 2.75) is 39.0 Å². The Morgan fingerprint density at radius 1 is 1.30 bits per heavy atom. The largest absolute Gasteiger partial charge is 0.318 e. The Labute approximate surface area is 61.5 Å². The maximum Gasteiger partial charge on any atom is 0.226 e. The second-order valence-corrected chi connectivity index (χ2v) is 4.03. The molecule has 0 radical (unpaired) electrons. The third kappa shape index (κ3) is 1.05. The normalized spacial score (nSPS) is 36.3. The molecule has 1 rings (SSSR count). The lowest BCUT2D eigenvalue weighted by atomic mass is 10.1. The molecule has 10 heavy (non-hydrogen) atoms. The predicted octanol–water partition coefficient (Wildman–Crippen LogP) is -0.195. The number of nitrogens with one attached hydrogen (secondary N) is 1. The summed E-state index contributed by atoms with van der Waals surface area (Å²) in [6, 6.07) is 0. The van der Waals surface area contributed by atoms with Crippen LogP contribution in [0.2, 0.25) is 0 Å². The van der Waals surface area contributed by atoms with Crippen molar-refractivity contribution < 1.29 is 15.0 Å². The zero-order valence-corrected chi connectivity index (χ0v) is 7.06. The Hall–Kier alpha value is -0.120. The highest BCUT2D eigenvalue weighted by molar-refractivity contribution is 4.73. The summed E-state index contributed by atoms with van der Waals surface area (Å²) in [5.41, 5.74) is -0.604. The summed E-state index contributed by atoms with van der Waals surface area (Å²) in [4.78, 5) is 0. The van der Waals surface area contributed by atoms with Crippen LogP contribution in [0.4, 0.5) is 0 Å². The highest BCUT2D eigenvalue weighted by atomic mass is 16.6. The first-order valence-electron chi connectivity index (χ1n) is 3.57. The van der Waals surface area contributed by atoms with Crippen molar-refractivity contribution in [1.29, 1.82) is 0 Å². The average molecular weight is 146 g/mol. The predicted molar refractivity (Wildman–Crippen MR) is 36.9 cm³/mol. The van der Waals surface area contributed by atoms with Gasteiger partial charge in [-0.15, -0.1) is 0 Å².